The topological polar surface area (TPSA) is 100 Å². The molecule has 7 heteroatoms. The van der Waals surface area contributed by atoms with Crippen LogP contribution in [0.3, 0.4) is 0 Å². The number of hydrogen-bond acceptors (Lipinski definition) is 4. The number of fused-ring (bicyclic) bond motifs is 1. The van der Waals surface area contributed by atoms with Crippen LogP contribution in [0.2, 0.25) is 0 Å². The molecule has 0 spiro atoms. The van der Waals surface area contributed by atoms with Crippen LogP contribution in [-0.4, -0.2) is 41.5 Å². The first-order valence-corrected chi connectivity index (χ1v) is 9.15. The number of piperazine rings is 1. The number of nitrogens with two attached hydrogens (primary N) is 1. The minimum Gasteiger partial charge on any atom is -0.351 e. The van der Waals surface area contributed by atoms with E-state index in [2.05, 4.69) is 15.6 Å². The molecule has 3 amide bonds. The largest absolute Gasteiger partial charge is 0.351 e. The van der Waals surface area contributed by atoms with Crippen LogP contribution in [0.4, 0.5) is 10.5 Å². The Morgan fingerprint density at radius 1 is 1.11 bits per heavy atom. The highest BCUT2D eigenvalue weighted by Crippen LogP contribution is 2.24. The third-order valence-electron chi connectivity index (χ3n) is 4.97. The van der Waals surface area contributed by atoms with Crippen molar-refractivity contribution in [1.82, 2.24) is 15.2 Å². The average Bonchev–Trinajstić information content (AvgIpc) is 2.74. The van der Waals surface area contributed by atoms with Crippen molar-refractivity contribution in [3.8, 4) is 0 Å². The van der Waals surface area contributed by atoms with Gasteiger partial charge in [0.15, 0.2) is 0 Å². The van der Waals surface area contributed by atoms with Crippen LogP contribution in [-0.2, 0) is 0 Å². The van der Waals surface area contributed by atoms with Gasteiger partial charge in [-0.3, -0.25) is 9.78 Å². The molecule has 0 aliphatic carbocycles. The lowest BCUT2D eigenvalue weighted by Crippen LogP contribution is -2.50. The van der Waals surface area contributed by atoms with Crippen LogP contribution < -0.4 is 16.4 Å². The summed E-state index contributed by atoms with van der Waals surface area (Å²) in [5, 5.41) is 7.16. The fraction of sp³-hybridized carbons (Fsp3) is 0.190. The summed E-state index contributed by atoms with van der Waals surface area (Å²) < 4.78 is 0. The minimum atomic E-state index is -0.434. The van der Waals surface area contributed by atoms with Crippen molar-refractivity contribution in [3.63, 3.8) is 0 Å². The number of hydrogen-bond donors (Lipinski definition) is 3. The van der Waals surface area contributed by atoms with E-state index in [0.29, 0.717) is 24.3 Å². The van der Waals surface area contributed by atoms with Gasteiger partial charge in [0.1, 0.15) is 0 Å². The molecule has 2 aromatic carbocycles. The number of carbonyl (C=O) groups excluding carboxylic acids is 2. The molecule has 7 nitrogen and oxygen atoms in total. The smallest absolute Gasteiger partial charge is 0.315 e. The molecule has 4 rings (SSSR count). The Labute approximate surface area is 162 Å². The number of carbonyl (C=O) groups is 2. The van der Waals surface area contributed by atoms with E-state index in [1.54, 1.807) is 23.2 Å². The van der Waals surface area contributed by atoms with Gasteiger partial charge in [-0.1, -0.05) is 30.3 Å². The molecule has 0 bridgehead atoms. The number of nitrogens with one attached hydrogen (secondary N) is 2. The van der Waals surface area contributed by atoms with Crippen LogP contribution in [0, 0.1) is 0 Å². The number of benzene rings is 2. The van der Waals surface area contributed by atoms with Gasteiger partial charge in [0.25, 0.3) is 5.91 Å². The first kappa shape index (κ1) is 17.9. The summed E-state index contributed by atoms with van der Waals surface area (Å²) in [6.45, 7) is 1.92. The number of primary amides is 1. The van der Waals surface area contributed by atoms with E-state index in [1.807, 2.05) is 42.5 Å². The van der Waals surface area contributed by atoms with Crippen LogP contribution in [0.25, 0.3) is 10.9 Å². The normalized spacial score (nSPS) is 16.7. The molecule has 28 heavy (non-hydrogen) atoms. The first-order chi connectivity index (χ1) is 13.6. The summed E-state index contributed by atoms with van der Waals surface area (Å²) >= 11 is 0. The van der Waals surface area contributed by atoms with Crippen molar-refractivity contribution >= 4 is 28.5 Å². The molecule has 1 aliphatic heterocycles. The van der Waals surface area contributed by atoms with Gasteiger partial charge in [-0.2, -0.15) is 0 Å². The maximum atomic E-state index is 12.7. The molecule has 142 valence electrons. The molecule has 3 aromatic rings. The zero-order chi connectivity index (χ0) is 19.5. The second-order valence-corrected chi connectivity index (χ2v) is 6.71. The van der Waals surface area contributed by atoms with Crippen molar-refractivity contribution in [2.75, 3.05) is 25.0 Å². The Morgan fingerprint density at radius 2 is 1.89 bits per heavy atom. The molecule has 1 aromatic heterocycles. The Hall–Kier alpha value is -3.45. The molecule has 1 saturated heterocycles. The van der Waals surface area contributed by atoms with E-state index >= 15 is 0 Å². The number of rotatable bonds is 3. The van der Waals surface area contributed by atoms with E-state index in [1.165, 1.54) is 0 Å². The second kappa shape index (κ2) is 7.66. The van der Waals surface area contributed by atoms with Gasteiger partial charge in [0.05, 0.1) is 17.2 Å². The standard InChI is InChI=1S/C21H21N5O2/c22-21(28)26-12-11-23-13-18(26)14-6-8-16(9-7-14)20(27)25-17-5-1-3-15-4-2-10-24-19(15)17/h1-10,18,23H,11-13H2,(H2,22,28)(H,25,27). The Kier molecular flexibility index (Phi) is 4.90. The number of aromatic nitrogens is 1. The molecular formula is C21H21N5O2. The monoisotopic (exact) mass is 375 g/mol. The molecule has 2 heterocycles. The maximum Gasteiger partial charge on any atom is 0.315 e. The molecule has 1 unspecified atom stereocenters. The zero-order valence-electron chi connectivity index (χ0n) is 15.3. The highest BCUT2D eigenvalue weighted by molar-refractivity contribution is 6.08. The van der Waals surface area contributed by atoms with Crippen molar-refractivity contribution in [1.29, 1.82) is 0 Å². The summed E-state index contributed by atoms with van der Waals surface area (Å²) in [6, 6.07) is 16.2. The summed E-state index contributed by atoms with van der Waals surface area (Å²) in [6.07, 6.45) is 1.70. The van der Waals surface area contributed by atoms with Crippen LogP contribution in [0.5, 0.6) is 0 Å². The second-order valence-electron chi connectivity index (χ2n) is 6.71. The summed E-state index contributed by atoms with van der Waals surface area (Å²) in [4.78, 5) is 30.4. The highest BCUT2D eigenvalue weighted by atomic mass is 16.2. The predicted octanol–water partition coefficient (Wildman–Crippen LogP) is 2.51. The average molecular weight is 375 g/mol. The molecule has 0 radical (unpaired) electrons. The first-order valence-electron chi connectivity index (χ1n) is 9.15. The summed E-state index contributed by atoms with van der Waals surface area (Å²) in [7, 11) is 0. The van der Waals surface area contributed by atoms with Crippen molar-refractivity contribution in [3.05, 3.63) is 71.9 Å². The van der Waals surface area contributed by atoms with Crippen LogP contribution in [0.1, 0.15) is 22.0 Å². The van der Waals surface area contributed by atoms with Crippen molar-refractivity contribution < 1.29 is 9.59 Å². The number of anilines is 1. The Morgan fingerprint density at radius 3 is 2.68 bits per heavy atom. The lowest BCUT2D eigenvalue weighted by Gasteiger charge is -2.35. The molecule has 4 N–H and O–H groups in total. The number of nitrogens with zero attached hydrogens (tertiary/aromatic N) is 2. The van der Waals surface area contributed by atoms with Crippen LogP contribution in [0.15, 0.2) is 60.8 Å². The van der Waals surface area contributed by atoms with E-state index in [0.717, 1.165) is 23.0 Å². The Balaban J connectivity index is 1.53. The molecule has 1 aliphatic rings. The lowest BCUT2D eigenvalue weighted by atomic mass is 10.0. The van der Waals surface area contributed by atoms with Gasteiger partial charge in [-0.15, -0.1) is 0 Å². The van der Waals surface area contributed by atoms with Gasteiger partial charge in [0.2, 0.25) is 0 Å². The van der Waals surface area contributed by atoms with E-state index < -0.39 is 6.03 Å². The SMILES string of the molecule is NC(=O)N1CCNCC1c1ccc(C(=O)Nc2cccc3cccnc23)cc1. The maximum absolute atomic E-state index is 12.7. The van der Waals surface area contributed by atoms with Crippen LogP contribution >= 0.6 is 0 Å². The fourth-order valence-electron chi connectivity index (χ4n) is 3.52. The predicted molar refractivity (Wildman–Crippen MR) is 108 cm³/mol. The van der Waals surface area contributed by atoms with Gasteiger partial charge in [-0.25, -0.2) is 4.79 Å². The van der Waals surface area contributed by atoms with Crippen molar-refractivity contribution in [2.45, 2.75) is 6.04 Å². The summed E-state index contributed by atoms with van der Waals surface area (Å²) in [5.41, 5.74) is 8.39. The number of amides is 3. The highest BCUT2D eigenvalue weighted by Gasteiger charge is 2.26. The number of para-hydroxylation sites is 1. The minimum absolute atomic E-state index is 0.134. The third kappa shape index (κ3) is 3.52. The fourth-order valence-corrected chi connectivity index (χ4v) is 3.52. The molecule has 1 fully saturated rings. The zero-order valence-corrected chi connectivity index (χ0v) is 15.3. The lowest BCUT2D eigenvalue weighted by molar-refractivity contribution is 0.102. The van der Waals surface area contributed by atoms with E-state index in [9.17, 15) is 9.59 Å². The Bertz CT molecular complexity index is 1010. The molecule has 0 saturated carbocycles. The van der Waals surface area contributed by atoms with Gasteiger partial charge < -0.3 is 21.3 Å². The quantitative estimate of drug-likeness (QED) is 0.655. The summed E-state index contributed by atoms with van der Waals surface area (Å²) in [5.74, 6) is -0.210. The number of urea groups is 1. The molecular weight excluding hydrogens is 354 g/mol. The van der Waals surface area contributed by atoms with Gasteiger partial charge >= 0.3 is 6.03 Å². The van der Waals surface area contributed by atoms with E-state index in [-0.39, 0.29) is 11.9 Å². The van der Waals surface area contributed by atoms with Crippen molar-refractivity contribution in [2.24, 2.45) is 5.73 Å². The number of pyridine rings is 1. The van der Waals surface area contributed by atoms with Gasteiger partial charge in [-0.05, 0) is 29.8 Å². The third-order valence-corrected chi connectivity index (χ3v) is 4.97. The van der Waals surface area contributed by atoms with E-state index in [4.69, 9.17) is 5.73 Å². The molecule has 1 atom stereocenters. The van der Waals surface area contributed by atoms with Gasteiger partial charge in [0, 0.05) is 36.8 Å².